The van der Waals surface area contributed by atoms with E-state index in [1.165, 1.54) is 6.42 Å². The quantitative estimate of drug-likeness (QED) is 0.913. The molecule has 1 aliphatic heterocycles. The molecule has 1 heterocycles. The summed E-state index contributed by atoms with van der Waals surface area (Å²) in [4.78, 5) is 26.9. The van der Waals surface area contributed by atoms with Crippen LogP contribution in [-0.4, -0.2) is 42.5 Å². The number of rotatable bonds is 4. The van der Waals surface area contributed by atoms with Gasteiger partial charge in [0.25, 0.3) is 0 Å². The summed E-state index contributed by atoms with van der Waals surface area (Å²) in [5, 5.41) is 2.93. The van der Waals surface area contributed by atoms with E-state index in [-0.39, 0.29) is 23.8 Å². The lowest BCUT2D eigenvalue weighted by Gasteiger charge is -2.35. The van der Waals surface area contributed by atoms with E-state index in [0.717, 1.165) is 31.2 Å². The molecule has 1 aromatic rings. The number of hydrogen-bond acceptors (Lipinski definition) is 3. The van der Waals surface area contributed by atoms with Crippen molar-refractivity contribution in [2.75, 3.05) is 19.7 Å². The number of ether oxygens (including phenoxy) is 1. The van der Waals surface area contributed by atoms with Gasteiger partial charge in [-0.15, -0.1) is 0 Å². The van der Waals surface area contributed by atoms with Crippen molar-refractivity contribution >= 4 is 11.8 Å². The molecule has 5 nitrogen and oxygen atoms in total. The van der Waals surface area contributed by atoms with E-state index in [4.69, 9.17) is 4.74 Å². The van der Waals surface area contributed by atoms with Gasteiger partial charge in [0, 0.05) is 12.5 Å². The number of carbonyl (C=O) groups excluding carboxylic acids is 2. The zero-order valence-corrected chi connectivity index (χ0v) is 14.9. The lowest BCUT2D eigenvalue weighted by atomic mass is 9.88. The van der Waals surface area contributed by atoms with Gasteiger partial charge in [-0.2, -0.15) is 0 Å². The van der Waals surface area contributed by atoms with E-state index in [0.29, 0.717) is 19.7 Å². The van der Waals surface area contributed by atoms with Crippen molar-refractivity contribution in [3.8, 4) is 0 Å². The van der Waals surface area contributed by atoms with Gasteiger partial charge < -0.3 is 15.0 Å². The molecule has 0 aromatic heterocycles. The molecular weight excluding hydrogens is 316 g/mol. The summed E-state index contributed by atoms with van der Waals surface area (Å²) in [5.41, 5.74) is 1.08. The molecule has 0 bridgehead atoms. The van der Waals surface area contributed by atoms with Crippen molar-refractivity contribution in [1.29, 1.82) is 0 Å². The summed E-state index contributed by atoms with van der Waals surface area (Å²) >= 11 is 0. The molecule has 2 atom stereocenters. The minimum atomic E-state index is -0.482. The molecule has 2 aliphatic rings. The molecule has 1 unspecified atom stereocenters. The van der Waals surface area contributed by atoms with Crippen molar-refractivity contribution in [2.45, 2.75) is 51.2 Å². The van der Waals surface area contributed by atoms with E-state index in [1.54, 1.807) is 6.92 Å². The first-order chi connectivity index (χ1) is 12.1. The van der Waals surface area contributed by atoms with Crippen LogP contribution in [0.15, 0.2) is 30.3 Å². The van der Waals surface area contributed by atoms with E-state index in [9.17, 15) is 9.59 Å². The summed E-state index contributed by atoms with van der Waals surface area (Å²) in [6.07, 6.45) is 5.24. The number of nitrogens with zero attached hydrogens (tertiary/aromatic N) is 1. The molecule has 1 saturated carbocycles. The van der Waals surface area contributed by atoms with Crippen molar-refractivity contribution in [3.63, 3.8) is 0 Å². The van der Waals surface area contributed by atoms with Crippen molar-refractivity contribution in [2.24, 2.45) is 5.92 Å². The highest BCUT2D eigenvalue weighted by Gasteiger charge is 2.30. The second-order valence-electron chi connectivity index (χ2n) is 7.12. The Morgan fingerprint density at radius 2 is 1.88 bits per heavy atom. The van der Waals surface area contributed by atoms with Crippen molar-refractivity contribution in [1.82, 2.24) is 10.2 Å². The molecule has 2 fully saturated rings. The first kappa shape index (κ1) is 17.9. The monoisotopic (exact) mass is 344 g/mol. The molecule has 136 valence electrons. The number of carbonyl (C=O) groups is 2. The highest BCUT2D eigenvalue weighted by molar-refractivity contribution is 5.88. The number of morpholine rings is 1. The first-order valence-corrected chi connectivity index (χ1v) is 9.41. The second-order valence-corrected chi connectivity index (χ2v) is 7.12. The zero-order chi connectivity index (χ0) is 17.6. The summed E-state index contributed by atoms with van der Waals surface area (Å²) in [6.45, 7) is 3.42. The fourth-order valence-corrected chi connectivity index (χ4v) is 3.75. The summed E-state index contributed by atoms with van der Waals surface area (Å²) in [6, 6.07) is 9.49. The maximum Gasteiger partial charge on any atom is 0.245 e. The minimum Gasteiger partial charge on any atom is -0.370 e. The highest BCUT2D eigenvalue weighted by Crippen LogP contribution is 2.24. The normalized spacial score (nSPS) is 23.1. The second kappa shape index (κ2) is 8.48. The van der Waals surface area contributed by atoms with Crippen LogP contribution >= 0.6 is 0 Å². The van der Waals surface area contributed by atoms with Gasteiger partial charge in [0.15, 0.2) is 0 Å². The number of nitrogens with one attached hydrogen (secondary N) is 1. The standard InChI is InChI=1S/C20H28N2O3/c1-15(21-19(23)17-10-6-3-7-11-17)20(24)22-12-13-25-18(14-22)16-8-4-2-5-9-16/h2,4-5,8-9,15,17-18H,3,6-7,10-14H2,1H3,(H,21,23)/t15-,18?/m1/s1. The Bertz CT molecular complexity index is 584. The molecule has 1 N–H and O–H groups in total. The van der Waals surface area contributed by atoms with Gasteiger partial charge in [-0.25, -0.2) is 0 Å². The molecule has 1 aromatic carbocycles. The Kier molecular flexibility index (Phi) is 6.08. The van der Waals surface area contributed by atoms with Crippen LogP contribution in [0.4, 0.5) is 0 Å². The van der Waals surface area contributed by atoms with E-state index >= 15 is 0 Å². The minimum absolute atomic E-state index is 0.0200. The highest BCUT2D eigenvalue weighted by atomic mass is 16.5. The average Bonchev–Trinajstić information content (AvgIpc) is 2.68. The summed E-state index contributed by atoms with van der Waals surface area (Å²) < 4.78 is 5.82. The largest absolute Gasteiger partial charge is 0.370 e. The summed E-state index contributed by atoms with van der Waals surface area (Å²) in [7, 11) is 0. The zero-order valence-electron chi connectivity index (χ0n) is 14.9. The van der Waals surface area contributed by atoms with Gasteiger partial charge in [0.2, 0.25) is 11.8 Å². The fraction of sp³-hybridized carbons (Fsp3) is 0.600. The van der Waals surface area contributed by atoms with Crippen LogP contribution in [0.5, 0.6) is 0 Å². The Morgan fingerprint density at radius 3 is 2.60 bits per heavy atom. The SMILES string of the molecule is C[C@@H](NC(=O)C1CCCCC1)C(=O)N1CCOC(c2ccccc2)C1. The van der Waals surface area contributed by atoms with Crippen molar-refractivity contribution < 1.29 is 14.3 Å². The van der Waals surface area contributed by atoms with Crippen LogP contribution in [0.1, 0.15) is 50.7 Å². The predicted octanol–water partition coefficient (Wildman–Crippen LogP) is 2.67. The maximum atomic E-state index is 12.7. The summed E-state index contributed by atoms with van der Waals surface area (Å²) in [5.74, 6) is 0.0903. The van der Waals surface area contributed by atoms with Gasteiger partial charge >= 0.3 is 0 Å². The van der Waals surface area contributed by atoms with Crippen LogP contribution in [0, 0.1) is 5.92 Å². The molecule has 0 radical (unpaired) electrons. The number of benzene rings is 1. The van der Waals surface area contributed by atoms with Gasteiger partial charge in [-0.05, 0) is 25.3 Å². The molecule has 1 saturated heterocycles. The van der Waals surface area contributed by atoms with Crippen LogP contribution in [0.2, 0.25) is 0 Å². The third-order valence-electron chi connectivity index (χ3n) is 5.25. The van der Waals surface area contributed by atoms with Gasteiger partial charge in [-0.3, -0.25) is 9.59 Å². The fourth-order valence-electron chi connectivity index (χ4n) is 3.75. The molecule has 2 amide bonds. The molecule has 3 rings (SSSR count). The lowest BCUT2D eigenvalue weighted by molar-refractivity contribution is -0.143. The van der Waals surface area contributed by atoms with Gasteiger partial charge in [0.1, 0.15) is 12.1 Å². The van der Waals surface area contributed by atoms with Crippen LogP contribution in [0.3, 0.4) is 0 Å². The average molecular weight is 344 g/mol. The van der Waals surface area contributed by atoms with Crippen LogP contribution in [-0.2, 0) is 14.3 Å². The lowest BCUT2D eigenvalue weighted by Crippen LogP contribution is -2.52. The Morgan fingerprint density at radius 1 is 1.16 bits per heavy atom. The van der Waals surface area contributed by atoms with E-state index in [2.05, 4.69) is 5.32 Å². The van der Waals surface area contributed by atoms with E-state index in [1.807, 2.05) is 35.2 Å². The first-order valence-electron chi connectivity index (χ1n) is 9.41. The number of hydrogen-bond donors (Lipinski definition) is 1. The third-order valence-corrected chi connectivity index (χ3v) is 5.25. The topological polar surface area (TPSA) is 58.6 Å². The Hall–Kier alpha value is -1.88. The van der Waals surface area contributed by atoms with E-state index < -0.39 is 6.04 Å². The van der Waals surface area contributed by atoms with Gasteiger partial charge in [-0.1, -0.05) is 49.6 Å². The molecule has 25 heavy (non-hydrogen) atoms. The van der Waals surface area contributed by atoms with Crippen molar-refractivity contribution in [3.05, 3.63) is 35.9 Å². The number of amides is 2. The smallest absolute Gasteiger partial charge is 0.245 e. The molecule has 1 aliphatic carbocycles. The molecule has 0 spiro atoms. The Balaban J connectivity index is 1.55. The predicted molar refractivity (Wildman–Crippen MR) is 95.9 cm³/mol. The third kappa shape index (κ3) is 4.60. The molecule has 5 heteroatoms. The molecular formula is C20H28N2O3. The van der Waals surface area contributed by atoms with Crippen LogP contribution in [0.25, 0.3) is 0 Å². The Labute approximate surface area is 149 Å². The van der Waals surface area contributed by atoms with Crippen LogP contribution < -0.4 is 5.32 Å². The maximum absolute atomic E-state index is 12.7. The van der Waals surface area contributed by atoms with Gasteiger partial charge in [0.05, 0.1) is 13.2 Å².